The Morgan fingerprint density at radius 1 is 1.57 bits per heavy atom. The van der Waals surface area contributed by atoms with Gasteiger partial charge in [0.15, 0.2) is 0 Å². The second-order valence-electron chi connectivity index (χ2n) is 3.99. The van der Waals surface area contributed by atoms with Gasteiger partial charge in [0.1, 0.15) is 0 Å². The lowest BCUT2D eigenvalue weighted by Crippen LogP contribution is -2.13. The Labute approximate surface area is 87.1 Å². The van der Waals surface area contributed by atoms with Crippen LogP contribution in [0.2, 0.25) is 0 Å². The third-order valence-corrected chi connectivity index (χ3v) is 3.05. The Morgan fingerprint density at radius 3 is 2.79 bits per heavy atom. The van der Waals surface area contributed by atoms with Crippen molar-refractivity contribution >= 4 is 0 Å². The Bertz CT molecular complexity index is 267. The number of hydrogen-bond acceptors (Lipinski definition) is 1. The fraction of sp³-hybridized carbons (Fsp3) is 0.615. The van der Waals surface area contributed by atoms with Crippen LogP contribution < -0.4 is 0 Å². The molecule has 2 unspecified atom stereocenters. The summed E-state index contributed by atoms with van der Waals surface area (Å²) in [5.41, 5.74) is 0.826. The lowest BCUT2D eigenvalue weighted by molar-refractivity contribution is 0.354. The van der Waals surface area contributed by atoms with Gasteiger partial charge in [-0.3, -0.25) is 0 Å². The molecule has 1 heteroatoms. The monoisotopic (exact) mass is 189 g/mol. The van der Waals surface area contributed by atoms with Crippen molar-refractivity contribution in [1.82, 2.24) is 0 Å². The summed E-state index contributed by atoms with van der Waals surface area (Å²) >= 11 is 0. The van der Waals surface area contributed by atoms with Gasteiger partial charge < -0.3 is 0 Å². The lowest BCUT2D eigenvalue weighted by Gasteiger charge is -2.23. The molecule has 0 aromatic heterocycles. The third kappa shape index (κ3) is 2.73. The van der Waals surface area contributed by atoms with E-state index in [0.717, 1.165) is 17.9 Å². The molecule has 0 spiro atoms. The molecular weight excluding hydrogens is 170 g/mol. The standard InChI is InChI=1S/C13H19N/c1-3-5-12(4-2)13-8-6-11(10-14)7-9-13/h6-8,12-13H,3-5,9H2,1-2H3. The summed E-state index contributed by atoms with van der Waals surface area (Å²) in [4.78, 5) is 0. The van der Waals surface area contributed by atoms with Crippen molar-refractivity contribution < 1.29 is 0 Å². The number of hydrogen-bond donors (Lipinski definition) is 0. The Kier molecular flexibility index (Phi) is 4.46. The van der Waals surface area contributed by atoms with Gasteiger partial charge in [0, 0.05) is 5.57 Å². The van der Waals surface area contributed by atoms with Crippen molar-refractivity contribution in [3.8, 4) is 6.07 Å². The number of rotatable bonds is 4. The van der Waals surface area contributed by atoms with Crippen LogP contribution in [0.4, 0.5) is 0 Å². The molecule has 1 nitrogen and oxygen atoms in total. The average Bonchev–Trinajstić information content (AvgIpc) is 2.26. The molecule has 0 N–H and O–H groups in total. The van der Waals surface area contributed by atoms with Gasteiger partial charge in [0.25, 0.3) is 0 Å². The second kappa shape index (κ2) is 5.65. The van der Waals surface area contributed by atoms with Crippen molar-refractivity contribution in [3.63, 3.8) is 0 Å². The Morgan fingerprint density at radius 2 is 2.36 bits per heavy atom. The summed E-state index contributed by atoms with van der Waals surface area (Å²) in [6.07, 6.45) is 11.1. The molecule has 0 amide bonds. The van der Waals surface area contributed by atoms with E-state index < -0.39 is 0 Å². The topological polar surface area (TPSA) is 23.8 Å². The fourth-order valence-corrected chi connectivity index (χ4v) is 2.16. The molecule has 0 saturated heterocycles. The Hall–Kier alpha value is -1.03. The molecule has 0 radical (unpaired) electrons. The van der Waals surface area contributed by atoms with Crippen LogP contribution in [0.15, 0.2) is 23.8 Å². The molecule has 0 bridgehead atoms. The third-order valence-electron chi connectivity index (χ3n) is 3.05. The first-order valence-electron chi connectivity index (χ1n) is 5.60. The van der Waals surface area contributed by atoms with Crippen molar-refractivity contribution in [2.75, 3.05) is 0 Å². The minimum absolute atomic E-state index is 0.664. The van der Waals surface area contributed by atoms with E-state index in [1.165, 1.54) is 19.3 Å². The maximum atomic E-state index is 8.71. The maximum Gasteiger partial charge on any atom is 0.0988 e. The van der Waals surface area contributed by atoms with E-state index in [1.54, 1.807) is 0 Å². The first-order valence-corrected chi connectivity index (χ1v) is 5.60. The van der Waals surface area contributed by atoms with Crippen molar-refractivity contribution in [2.24, 2.45) is 11.8 Å². The molecular formula is C13H19N. The summed E-state index contributed by atoms with van der Waals surface area (Å²) in [7, 11) is 0. The number of allylic oxidation sites excluding steroid dienone is 4. The van der Waals surface area contributed by atoms with E-state index in [1.807, 2.05) is 6.08 Å². The largest absolute Gasteiger partial charge is 0.192 e. The predicted octanol–water partition coefficient (Wildman–Crippen LogP) is 3.84. The predicted molar refractivity (Wildman–Crippen MR) is 59.6 cm³/mol. The van der Waals surface area contributed by atoms with Gasteiger partial charge in [0.05, 0.1) is 6.07 Å². The van der Waals surface area contributed by atoms with Crippen molar-refractivity contribution in [3.05, 3.63) is 23.8 Å². The van der Waals surface area contributed by atoms with E-state index in [4.69, 9.17) is 5.26 Å². The van der Waals surface area contributed by atoms with Gasteiger partial charge in [-0.2, -0.15) is 5.26 Å². The molecule has 0 aromatic carbocycles. The fourth-order valence-electron chi connectivity index (χ4n) is 2.16. The lowest BCUT2D eigenvalue weighted by atomic mass is 9.81. The number of nitriles is 1. The summed E-state index contributed by atoms with van der Waals surface area (Å²) < 4.78 is 0. The molecule has 1 aliphatic carbocycles. The SMILES string of the molecule is CCCC(CC)C1C=CC(C#N)=CC1. The summed E-state index contributed by atoms with van der Waals surface area (Å²) in [6, 6.07) is 2.19. The zero-order chi connectivity index (χ0) is 10.4. The van der Waals surface area contributed by atoms with Gasteiger partial charge in [-0.05, 0) is 24.3 Å². The van der Waals surface area contributed by atoms with E-state index in [0.29, 0.717) is 5.92 Å². The smallest absolute Gasteiger partial charge is 0.0988 e. The van der Waals surface area contributed by atoms with E-state index in [2.05, 4.69) is 32.1 Å². The summed E-state index contributed by atoms with van der Waals surface area (Å²) in [6.45, 7) is 4.50. The minimum Gasteiger partial charge on any atom is -0.192 e. The van der Waals surface area contributed by atoms with Crippen LogP contribution in [-0.2, 0) is 0 Å². The first-order chi connectivity index (χ1) is 6.81. The van der Waals surface area contributed by atoms with Crippen LogP contribution in [0.25, 0.3) is 0 Å². The molecule has 76 valence electrons. The summed E-state index contributed by atoms with van der Waals surface area (Å²) in [5.74, 6) is 1.46. The highest BCUT2D eigenvalue weighted by Crippen LogP contribution is 2.29. The highest BCUT2D eigenvalue weighted by molar-refractivity contribution is 5.35. The zero-order valence-electron chi connectivity index (χ0n) is 9.16. The van der Waals surface area contributed by atoms with Gasteiger partial charge >= 0.3 is 0 Å². The Balaban J connectivity index is 2.54. The first kappa shape index (κ1) is 11.0. The number of nitrogens with zero attached hydrogens (tertiary/aromatic N) is 1. The molecule has 0 aliphatic heterocycles. The highest BCUT2D eigenvalue weighted by Gasteiger charge is 2.17. The van der Waals surface area contributed by atoms with Gasteiger partial charge in [-0.25, -0.2) is 0 Å². The van der Waals surface area contributed by atoms with Gasteiger partial charge in [-0.15, -0.1) is 0 Å². The van der Waals surface area contributed by atoms with E-state index in [-0.39, 0.29) is 0 Å². The van der Waals surface area contributed by atoms with Crippen LogP contribution >= 0.6 is 0 Å². The molecule has 0 heterocycles. The normalized spacial score (nSPS) is 22.6. The molecule has 1 aliphatic rings. The molecule has 0 saturated carbocycles. The highest BCUT2D eigenvalue weighted by atomic mass is 14.3. The minimum atomic E-state index is 0.664. The molecule has 0 fully saturated rings. The van der Waals surface area contributed by atoms with E-state index in [9.17, 15) is 0 Å². The zero-order valence-corrected chi connectivity index (χ0v) is 9.16. The quantitative estimate of drug-likeness (QED) is 0.659. The van der Waals surface area contributed by atoms with E-state index >= 15 is 0 Å². The van der Waals surface area contributed by atoms with Crippen molar-refractivity contribution in [2.45, 2.75) is 39.5 Å². The van der Waals surface area contributed by atoms with Crippen LogP contribution in [0.1, 0.15) is 39.5 Å². The van der Waals surface area contributed by atoms with Crippen LogP contribution in [0.3, 0.4) is 0 Å². The second-order valence-corrected chi connectivity index (χ2v) is 3.99. The van der Waals surface area contributed by atoms with Crippen molar-refractivity contribution in [1.29, 1.82) is 5.26 Å². The molecule has 2 atom stereocenters. The molecule has 0 aromatic rings. The molecule has 1 rings (SSSR count). The van der Waals surface area contributed by atoms with Gasteiger partial charge in [0.2, 0.25) is 0 Å². The van der Waals surface area contributed by atoms with Gasteiger partial charge in [-0.1, -0.05) is 45.3 Å². The average molecular weight is 189 g/mol. The maximum absolute atomic E-state index is 8.71. The molecule has 14 heavy (non-hydrogen) atoms. The van der Waals surface area contributed by atoms with Crippen LogP contribution in [0, 0.1) is 23.2 Å². The summed E-state index contributed by atoms with van der Waals surface area (Å²) in [5, 5.41) is 8.71. The van der Waals surface area contributed by atoms with Crippen LogP contribution in [-0.4, -0.2) is 0 Å². The van der Waals surface area contributed by atoms with Crippen LogP contribution in [0.5, 0.6) is 0 Å².